The van der Waals surface area contributed by atoms with E-state index in [1.54, 1.807) is 0 Å². The van der Waals surface area contributed by atoms with E-state index in [2.05, 4.69) is 4.98 Å². The van der Waals surface area contributed by atoms with Crippen LogP contribution in [0.25, 0.3) is 0 Å². The molecule has 0 fully saturated rings. The fourth-order valence-corrected chi connectivity index (χ4v) is 3.37. The average Bonchev–Trinajstić information content (AvgIpc) is 2.47. The quantitative estimate of drug-likeness (QED) is 0.931. The fraction of sp³-hybridized carbons (Fsp3) is 0.250. The molecule has 1 aliphatic carbocycles. The minimum absolute atomic E-state index is 0.319. The second-order valence-electron chi connectivity index (χ2n) is 4.87. The molecule has 3 nitrogen and oxygen atoms in total. The molecule has 0 amide bonds. The first-order valence-electron chi connectivity index (χ1n) is 6.73. The Morgan fingerprint density at radius 2 is 1.90 bits per heavy atom. The summed E-state index contributed by atoms with van der Waals surface area (Å²) < 4.78 is 0. The molecular weight excluding hydrogens is 270 g/mol. The predicted octanol–water partition coefficient (Wildman–Crippen LogP) is 3.81. The molecule has 3 rings (SSSR count). The summed E-state index contributed by atoms with van der Waals surface area (Å²) in [4.78, 5) is 17.1. The number of pyridine rings is 1. The number of benzene rings is 1. The van der Waals surface area contributed by atoms with Crippen molar-refractivity contribution in [2.45, 2.75) is 35.6 Å². The van der Waals surface area contributed by atoms with Crippen molar-refractivity contribution in [1.29, 1.82) is 0 Å². The molecule has 1 aromatic heterocycles. The van der Waals surface area contributed by atoms with Gasteiger partial charge in [0.2, 0.25) is 0 Å². The second-order valence-corrected chi connectivity index (χ2v) is 5.94. The zero-order valence-electron chi connectivity index (χ0n) is 11.0. The maximum absolute atomic E-state index is 11.4. The van der Waals surface area contributed by atoms with Gasteiger partial charge in [-0.25, -0.2) is 9.78 Å². The number of fused-ring (bicyclic) bond motifs is 1. The van der Waals surface area contributed by atoms with E-state index >= 15 is 0 Å². The van der Waals surface area contributed by atoms with Crippen LogP contribution in [0.15, 0.2) is 46.3 Å². The van der Waals surface area contributed by atoms with Gasteiger partial charge in [0.05, 0.1) is 5.56 Å². The molecule has 102 valence electrons. The molecule has 1 heterocycles. The van der Waals surface area contributed by atoms with Crippen LogP contribution >= 0.6 is 11.8 Å². The van der Waals surface area contributed by atoms with Gasteiger partial charge in [-0.05, 0) is 49.4 Å². The van der Waals surface area contributed by atoms with Gasteiger partial charge in [-0.3, -0.25) is 0 Å². The van der Waals surface area contributed by atoms with E-state index in [1.165, 1.54) is 11.8 Å². The molecule has 1 aromatic carbocycles. The van der Waals surface area contributed by atoms with Crippen molar-refractivity contribution in [3.8, 4) is 0 Å². The van der Waals surface area contributed by atoms with Crippen LogP contribution in [0.1, 0.15) is 34.5 Å². The molecule has 0 radical (unpaired) electrons. The van der Waals surface area contributed by atoms with E-state index in [0.717, 1.165) is 41.8 Å². The summed E-state index contributed by atoms with van der Waals surface area (Å²) in [5.41, 5.74) is 2.49. The lowest BCUT2D eigenvalue weighted by atomic mass is 9.95. The van der Waals surface area contributed by atoms with Crippen molar-refractivity contribution in [1.82, 2.24) is 4.98 Å². The summed E-state index contributed by atoms with van der Waals surface area (Å²) in [6, 6.07) is 11.6. The van der Waals surface area contributed by atoms with E-state index in [0.29, 0.717) is 10.6 Å². The van der Waals surface area contributed by atoms with Crippen LogP contribution < -0.4 is 0 Å². The van der Waals surface area contributed by atoms with Crippen LogP contribution in [-0.4, -0.2) is 16.1 Å². The normalized spacial score (nSPS) is 13.8. The van der Waals surface area contributed by atoms with Crippen molar-refractivity contribution in [2.24, 2.45) is 0 Å². The summed E-state index contributed by atoms with van der Waals surface area (Å²) in [5, 5.41) is 9.99. The number of aromatic nitrogens is 1. The van der Waals surface area contributed by atoms with Gasteiger partial charge in [0.15, 0.2) is 0 Å². The molecule has 4 heteroatoms. The zero-order valence-corrected chi connectivity index (χ0v) is 11.8. The molecule has 1 aliphatic rings. The number of aryl methyl sites for hydroxylation is 2. The SMILES string of the molecule is O=C(O)c1cc2c(nc1Sc1ccccc1)CCCC2. The Labute approximate surface area is 122 Å². The molecule has 0 saturated heterocycles. The van der Waals surface area contributed by atoms with Gasteiger partial charge in [-0.1, -0.05) is 30.0 Å². The Balaban J connectivity index is 2.02. The van der Waals surface area contributed by atoms with E-state index in [-0.39, 0.29) is 0 Å². The Morgan fingerprint density at radius 1 is 1.15 bits per heavy atom. The number of hydrogen-bond donors (Lipinski definition) is 1. The molecule has 0 aliphatic heterocycles. The lowest BCUT2D eigenvalue weighted by Crippen LogP contribution is -2.10. The highest BCUT2D eigenvalue weighted by atomic mass is 32.2. The number of rotatable bonds is 3. The van der Waals surface area contributed by atoms with Gasteiger partial charge in [-0.15, -0.1) is 0 Å². The Kier molecular flexibility index (Phi) is 3.74. The van der Waals surface area contributed by atoms with E-state index in [4.69, 9.17) is 0 Å². The summed E-state index contributed by atoms with van der Waals surface area (Å²) in [7, 11) is 0. The van der Waals surface area contributed by atoms with Crippen molar-refractivity contribution >= 4 is 17.7 Å². The summed E-state index contributed by atoms with van der Waals surface area (Å²) in [6.45, 7) is 0. The molecule has 1 N–H and O–H groups in total. The van der Waals surface area contributed by atoms with Crippen molar-refractivity contribution in [3.05, 3.63) is 53.2 Å². The smallest absolute Gasteiger partial charge is 0.338 e. The number of hydrogen-bond acceptors (Lipinski definition) is 3. The highest BCUT2D eigenvalue weighted by Crippen LogP contribution is 2.32. The number of carboxylic acids is 1. The third-order valence-electron chi connectivity index (χ3n) is 3.45. The van der Waals surface area contributed by atoms with Gasteiger partial charge in [-0.2, -0.15) is 0 Å². The first-order chi connectivity index (χ1) is 9.74. The number of aromatic carboxylic acids is 1. The third kappa shape index (κ3) is 2.70. The maximum Gasteiger partial charge on any atom is 0.338 e. The number of carboxylic acid groups (broad SMARTS) is 1. The maximum atomic E-state index is 11.4. The number of carbonyl (C=O) groups is 1. The van der Waals surface area contributed by atoms with E-state index in [1.807, 2.05) is 36.4 Å². The van der Waals surface area contributed by atoms with Crippen LogP contribution in [0, 0.1) is 0 Å². The molecule has 20 heavy (non-hydrogen) atoms. The third-order valence-corrected chi connectivity index (χ3v) is 4.47. The molecule has 0 spiro atoms. The topological polar surface area (TPSA) is 50.2 Å². The van der Waals surface area contributed by atoms with Crippen LogP contribution in [-0.2, 0) is 12.8 Å². The minimum atomic E-state index is -0.899. The van der Waals surface area contributed by atoms with Gasteiger partial charge >= 0.3 is 5.97 Å². The monoisotopic (exact) mass is 285 g/mol. The Hall–Kier alpha value is -1.81. The van der Waals surface area contributed by atoms with Crippen molar-refractivity contribution in [3.63, 3.8) is 0 Å². The lowest BCUT2D eigenvalue weighted by molar-refractivity contribution is 0.0692. The van der Waals surface area contributed by atoms with E-state index < -0.39 is 5.97 Å². The highest BCUT2D eigenvalue weighted by molar-refractivity contribution is 7.99. The Bertz CT molecular complexity index is 640. The zero-order chi connectivity index (χ0) is 13.9. The molecule has 0 bridgehead atoms. The van der Waals surface area contributed by atoms with E-state index in [9.17, 15) is 9.90 Å². The summed E-state index contributed by atoms with van der Waals surface area (Å²) >= 11 is 1.42. The predicted molar refractivity (Wildman–Crippen MR) is 78.4 cm³/mol. The van der Waals surface area contributed by atoms with Crippen LogP contribution in [0.3, 0.4) is 0 Å². The lowest BCUT2D eigenvalue weighted by Gasteiger charge is -2.17. The van der Waals surface area contributed by atoms with Gasteiger partial charge < -0.3 is 5.11 Å². The van der Waals surface area contributed by atoms with Gasteiger partial charge in [0, 0.05) is 10.6 Å². The molecule has 0 unspecified atom stereocenters. The molecule has 0 saturated carbocycles. The average molecular weight is 285 g/mol. The van der Waals surface area contributed by atoms with Crippen molar-refractivity contribution < 1.29 is 9.90 Å². The molecule has 0 atom stereocenters. The van der Waals surface area contributed by atoms with Gasteiger partial charge in [0.25, 0.3) is 0 Å². The molecular formula is C16H15NO2S. The molecule has 2 aromatic rings. The first kappa shape index (κ1) is 13.2. The summed E-state index contributed by atoms with van der Waals surface area (Å²) in [6.07, 6.45) is 4.16. The highest BCUT2D eigenvalue weighted by Gasteiger charge is 2.19. The van der Waals surface area contributed by atoms with Crippen LogP contribution in [0.2, 0.25) is 0 Å². The van der Waals surface area contributed by atoms with Gasteiger partial charge in [0.1, 0.15) is 5.03 Å². The number of nitrogens with zero attached hydrogens (tertiary/aromatic N) is 1. The largest absolute Gasteiger partial charge is 0.478 e. The fourth-order valence-electron chi connectivity index (χ4n) is 2.45. The Morgan fingerprint density at radius 3 is 2.65 bits per heavy atom. The first-order valence-corrected chi connectivity index (χ1v) is 7.54. The van der Waals surface area contributed by atoms with Crippen molar-refractivity contribution in [2.75, 3.05) is 0 Å². The van der Waals surface area contributed by atoms with Crippen LogP contribution in [0.5, 0.6) is 0 Å². The second kappa shape index (κ2) is 5.67. The van der Waals surface area contributed by atoms with Crippen LogP contribution in [0.4, 0.5) is 0 Å². The summed E-state index contributed by atoms with van der Waals surface area (Å²) in [5.74, 6) is -0.899. The standard InChI is InChI=1S/C16H15NO2S/c18-16(19)13-10-11-6-4-5-9-14(11)17-15(13)20-12-7-2-1-3-8-12/h1-3,7-8,10H,4-6,9H2,(H,18,19). The minimum Gasteiger partial charge on any atom is -0.478 e.